The zero-order valence-electron chi connectivity index (χ0n) is 13.0. The minimum atomic E-state index is 0.0706. The summed E-state index contributed by atoms with van der Waals surface area (Å²) >= 11 is 1.70. The molecule has 4 nitrogen and oxygen atoms in total. The number of hydrogen-bond acceptors (Lipinski definition) is 5. The molecule has 0 amide bonds. The van der Waals surface area contributed by atoms with Crippen molar-refractivity contribution in [1.29, 1.82) is 0 Å². The van der Waals surface area contributed by atoms with E-state index in [2.05, 4.69) is 17.2 Å². The molecule has 0 saturated carbocycles. The number of aromatic nitrogens is 1. The minimum absolute atomic E-state index is 0.0706. The Hall–Kier alpha value is -1.59. The first-order chi connectivity index (χ1) is 10.2. The van der Waals surface area contributed by atoms with Crippen molar-refractivity contribution in [2.75, 3.05) is 20.8 Å². The predicted octanol–water partition coefficient (Wildman–Crippen LogP) is 3.56. The summed E-state index contributed by atoms with van der Waals surface area (Å²) in [4.78, 5) is 5.56. The average molecular weight is 306 g/mol. The maximum absolute atomic E-state index is 5.52. The summed E-state index contributed by atoms with van der Waals surface area (Å²) in [5.74, 6) is 1.69. The Morgan fingerprint density at radius 3 is 2.67 bits per heavy atom. The molecule has 5 heteroatoms. The number of rotatable bonds is 7. The molecule has 0 bridgehead atoms. The highest BCUT2D eigenvalue weighted by molar-refractivity contribution is 7.11. The number of thiazole rings is 1. The fraction of sp³-hybridized carbons (Fsp3) is 0.438. The smallest absolute Gasteiger partial charge is 0.124 e. The first-order valence-corrected chi connectivity index (χ1v) is 7.88. The molecular weight excluding hydrogens is 284 g/mol. The van der Waals surface area contributed by atoms with E-state index in [1.54, 1.807) is 25.6 Å². The Balaban J connectivity index is 2.44. The van der Waals surface area contributed by atoms with Gasteiger partial charge in [0.15, 0.2) is 0 Å². The Bertz CT molecular complexity index is 583. The van der Waals surface area contributed by atoms with Crippen molar-refractivity contribution in [3.05, 3.63) is 39.8 Å². The molecule has 1 heterocycles. The quantitative estimate of drug-likeness (QED) is 0.849. The van der Waals surface area contributed by atoms with Crippen LogP contribution in [0.1, 0.15) is 34.8 Å². The van der Waals surface area contributed by atoms with E-state index in [9.17, 15) is 0 Å². The van der Waals surface area contributed by atoms with Crippen molar-refractivity contribution < 1.29 is 9.47 Å². The third-order valence-corrected chi connectivity index (χ3v) is 4.25. The molecule has 0 spiro atoms. The topological polar surface area (TPSA) is 43.4 Å². The van der Waals surface area contributed by atoms with E-state index in [1.165, 1.54) is 4.88 Å². The van der Waals surface area contributed by atoms with Crippen LogP contribution < -0.4 is 14.8 Å². The summed E-state index contributed by atoms with van der Waals surface area (Å²) in [5.41, 5.74) is 1.08. The van der Waals surface area contributed by atoms with Crippen LogP contribution in [-0.2, 0) is 0 Å². The van der Waals surface area contributed by atoms with E-state index in [-0.39, 0.29) is 6.04 Å². The van der Waals surface area contributed by atoms with E-state index in [4.69, 9.17) is 9.47 Å². The van der Waals surface area contributed by atoms with Crippen LogP contribution in [0.3, 0.4) is 0 Å². The summed E-state index contributed by atoms with van der Waals surface area (Å²) in [6.07, 6.45) is 3.01. The van der Waals surface area contributed by atoms with Gasteiger partial charge in [-0.3, -0.25) is 0 Å². The van der Waals surface area contributed by atoms with Crippen molar-refractivity contribution in [2.45, 2.75) is 26.3 Å². The summed E-state index contributed by atoms with van der Waals surface area (Å²) in [6.45, 7) is 5.11. The van der Waals surface area contributed by atoms with Gasteiger partial charge in [-0.1, -0.05) is 6.92 Å². The van der Waals surface area contributed by atoms with E-state index in [0.29, 0.717) is 0 Å². The third kappa shape index (κ3) is 3.74. The molecule has 0 aliphatic carbocycles. The Morgan fingerprint density at radius 1 is 1.29 bits per heavy atom. The second-order valence-electron chi connectivity index (χ2n) is 4.78. The summed E-state index contributed by atoms with van der Waals surface area (Å²) < 4.78 is 10.9. The van der Waals surface area contributed by atoms with Crippen molar-refractivity contribution in [3.8, 4) is 11.5 Å². The molecule has 1 unspecified atom stereocenters. The van der Waals surface area contributed by atoms with E-state index >= 15 is 0 Å². The van der Waals surface area contributed by atoms with E-state index < -0.39 is 0 Å². The SMILES string of the molecule is CCCNC(c1cnc(C)s1)c1cc(OC)ccc1OC. The van der Waals surface area contributed by atoms with Crippen LogP contribution in [0.5, 0.6) is 11.5 Å². The van der Waals surface area contributed by atoms with Crippen LogP contribution in [0, 0.1) is 6.92 Å². The monoisotopic (exact) mass is 306 g/mol. The molecule has 0 saturated heterocycles. The molecule has 21 heavy (non-hydrogen) atoms. The van der Waals surface area contributed by atoms with Crippen LogP contribution in [0.4, 0.5) is 0 Å². The largest absolute Gasteiger partial charge is 0.497 e. The van der Waals surface area contributed by atoms with Gasteiger partial charge in [0.2, 0.25) is 0 Å². The molecule has 2 rings (SSSR count). The van der Waals surface area contributed by atoms with Crippen LogP contribution in [0.25, 0.3) is 0 Å². The Labute approximate surface area is 130 Å². The van der Waals surface area contributed by atoms with Crippen molar-refractivity contribution in [3.63, 3.8) is 0 Å². The molecule has 1 aromatic carbocycles. The summed E-state index contributed by atoms with van der Waals surface area (Å²) in [5, 5.41) is 4.64. The second kappa shape index (κ2) is 7.43. The highest BCUT2D eigenvalue weighted by atomic mass is 32.1. The van der Waals surface area contributed by atoms with Crippen molar-refractivity contribution in [2.24, 2.45) is 0 Å². The van der Waals surface area contributed by atoms with Gasteiger partial charge in [0, 0.05) is 16.6 Å². The van der Waals surface area contributed by atoms with Gasteiger partial charge in [-0.25, -0.2) is 4.98 Å². The summed E-state index contributed by atoms with van der Waals surface area (Å²) in [6, 6.07) is 5.96. The Morgan fingerprint density at radius 2 is 2.10 bits per heavy atom. The first kappa shape index (κ1) is 15.8. The number of aryl methyl sites for hydroxylation is 1. The number of hydrogen-bond donors (Lipinski definition) is 1. The van der Waals surface area contributed by atoms with Crippen LogP contribution in [-0.4, -0.2) is 25.7 Å². The van der Waals surface area contributed by atoms with E-state index in [0.717, 1.165) is 35.0 Å². The number of benzene rings is 1. The standard InChI is InChI=1S/C16H22N2O2S/c1-5-8-17-16(15-10-18-11(2)21-15)13-9-12(19-3)6-7-14(13)20-4/h6-7,9-10,16-17H,5,8H2,1-4H3. The van der Waals surface area contributed by atoms with Crippen molar-refractivity contribution >= 4 is 11.3 Å². The highest BCUT2D eigenvalue weighted by Crippen LogP contribution is 2.35. The van der Waals surface area contributed by atoms with Gasteiger partial charge < -0.3 is 14.8 Å². The molecule has 0 aliphatic rings. The molecule has 0 aliphatic heterocycles. The normalized spacial score (nSPS) is 12.2. The van der Waals surface area contributed by atoms with Crippen LogP contribution in [0.15, 0.2) is 24.4 Å². The zero-order valence-corrected chi connectivity index (χ0v) is 13.8. The fourth-order valence-corrected chi connectivity index (χ4v) is 3.11. The lowest BCUT2D eigenvalue weighted by Crippen LogP contribution is -2.23. The van der Waals surface area contributed by atoms with Crippen LogP contribution >= 0.6 is 11.3 Å². The molecule has 1 N–H and O–H groups in total. The molecule has 2 aromatic rings. The number of ether oxygens (including phenoxy) is 2. The average Bonchev–Trinajstić information content (AvgIpc) is 2.93. The van der Waals surface area contributed by atoms with Crippen molar-refractivity contribution in [1.82, 2.24) is 10.3 Å². The lowest BCUT2D eigenvalue weighted by atomic mass is 10.0. The van der Waals surface area contributed by atoms with Gasteiger partial charge in [-0.05, 0) is 38.1 Å². The summed E-state index contributed by atoms with van der Waals surface area (Å²) in [7, 11) is 3.37. The lowest BCUT2D eigenvalue weighted by Gasteiger charge is -2.20. The van der Waals surface area contributed by atoms with Crippen LogP contribution in [0.2, 0.25) is 0 Å². The number of methoxy groups -OCH3 is 2. The molecule has 0 radical (unpaired) electrons. The predicted molar refractivity (Wildman–Crippen MR) is 86.5 cm³/mol. The van der Waals surface area contributed by atoms with E-state index in [1.807, 2.05) is 31.3 Å². The second-order valence-corrected chi connectivity index (χ2v) is 6.04. The van der Waals surface area contributed by atoms with Gasteiger partial charge in [-0.2, -0.15) is 0 Å². The maximum Gasteiger partial charge on any atom is 0.124 e. The zero-order chi connectivity index (χ0) is 15.2. The lowest BCUT2D eigenvalue weighted by molar-refractivity contribution is 0.394. The third-order valence-electron chi connectivity index (χ3n) is 3.27. The van der Waals surface area contributed by atoms with Gasteiger partial charge in [-0.15, -0.1) is 11.3 Å². The number of nitrogens with one attached hydrogen (secondary N) is 1. The van der Waals surface area contributed by atoms with Gasteiger partial charge in [0.25, 0.3) is 0 Å². The highest BCUT2D eigenvalue weighted by Gasteiger charge is 2.20. The molecule has 0 fully saturated rings. The van der Waals surface area contributed by atoms with Gasteiger partial charge >= 0.3 is 0 Å². The first-order valence-electron chi connectivity index (χ1n) is 7.07. The minimum Gasteiger partial charge on any atom is -0.497 e. The number of nitrogens with zero attached hydrogens (tertiary/aromatic N) is 1. The maximum atomic E-state index is 5.52. The van der Waals surface area contributed by atoms with Gasteiger partial charge in [0.1, 0.15) is 11.5 Å². The Kier molecular flexibility index (Phi) is 5.59. The van der Waals surface area contributed by atoms with Gasteiger partial charge in [0.05, 0.1) is 25.3 Å². The molecule has 114 valence electrons. The molecular formula is C16H22N2O2S. The fourth-order valence-electron chi connectivity index (χ4n) is 2.23. The molecule has 1 aromatic heterocycles. The molecule has 1 atom stereocenters.